The van der Waals surface area contributed by atoms with Crippen LogP contribution in [0.1, 0.15) is 21.5 Å². The molecule has 0 radical (unpaired) electrons. The number of amides is 1. The Morgan fingerprint density at radius 3 is 2.61 bits per heavy atom. The lowest BCUT2D eigenvalue weighted by molar-refractivity contribution is -0.139. The number of rotatable bonds is 6. The van der Waals surface area contributed by atoms with Crippen LogP contribution in [0.5, 0.6) is 5.75 Å². The molecule has 5 nitrogen and oxygen atoms in total. The lowest BCUT2D eigenvalue weighted by Crippen LogP contribution is -2.38. The van der Waals surface area contributed by atoms with Crippen LogP contribution in [-0.4, -0.2) is 32.1 Å². The molecule has 6 heteroatoms. The van der Waals surface area contributed by atoms with Gasteiger partial charge in [0.2, 0.25) is 0 Å². The third kappa shape index (κ3) is 5.09. The second-order valence-electron chi connectivity index (χ2n) is 7.16. The zero-order chi connectivity index (χ0) is 21.6. The molecule has 0 aromatic heterocycles. The maximum atomic E-state index is 13.2. The number of fused-ring (bicyclic) bond motifs is 1. The number of nitrogens with zero attached hydrogens (tertiary/aromatic N) is 1. The molecule has 1 amide bonds. The van der Waals surface area contributed by atoms with Crippen molar-refractivity contribution in [3.63, 3.8) is 0 Å². The maximum absolute atomic E-state index is 13.2. The summed E-state index contributed by atoms with van der Waals surface area (Å²) in [5, 5.41) is 0. The number of hydrogen-bond acceptors (Lipinski definition) is 5. The molecule has 31 heavy (non-hydrogen) atoms. The van der Waals surface area contributed by atoms with Gasteiger partial charge in [0.15, 0.2) is 0 Å². The van der Waals surface area contributed by atoms with E-state index in [4.69, 9.17) is 9.47 Å². The molecule has 0 saturated heterocycles. The minimum atomic E-state index is -0.332. The minimum absolute atomic E-state index is 0.110. The topological polar surface area (TPSA) is 55.8 Å². The molecule has 0 saturated carbocycles. The lowest BCUT2D eigenvalue weighted by Gasteiger charge is -2.30. The van der Waals surface area contributed by atoms with Crippen LogP contribution >= 0.6 is 11.8 Å². The van der Waals surface area contributed by atoms with Gasteiger partial charge >= 0.3 is 5.97 Å². The van der Waals surface area contributed by atoms with E-state index in [1.54, 1.807) is 34.9 Å². The highest BCUT2D eigenvalue weighted by atomic mass is 32.2. The summed E-state index contributed by atoms with van der Waals surface area (Å²) in [6.45, 7) is 0.914. The summed E-state index contributed by atoms with van der Waals surface area (Å²) in [5.74, 6) is 1.14. The molecule has 0 spiro atoms. The first-order chi connectivity index (χ1) is 15.1. The smallest absolute Gasteiger partial charge is 0.309 e. The van der Waals surface area contributed by atoms with Crippen molar-refractivity contribution >= 4 is 29.3 Å². The van der Waals surface area contributed by atoms with Crippen LogP contribution in [0.4, 0.5) is 5.69 Å². The van der Waals surface area contributed by atoms with Crippen molar-refractivity contribution < 1.29 is 19.1 Å². The fourth-order valence-corrected chi connectivity index (χ4v) is 4.33. The number of esters is 1. The van der Waals surface area contributed by atoms with Gasteiger partial charge in [-0.1, -0.05) is 42.5 Å². The molecule has 0 bridgehead atoms. The monoisotopic (exact) mass is 433 g/mol. The van der Waals surface area contributed by atoms with E-state index >= 15 is 0 Å². The summed E-state index contributed by atoms with van der Waals surface area (Å²) in [6, 6.07) is 23.4. The van der Waals surface area contributed by atoms with Gasteiger partial charge in [-0.2, -0.15) is 0 Å². The molecule has 4 rings (SSSR count). The quantitative estimate of drug-likeness (QED) is 0.415. The summed E-state index contributed by atoms with van der Waals surface area (Å²) >= 11 is 1.73. The highest BCUT2D eigenvalue weighted by molar-refractivity contribution is 7.98. The van der Waals surface area contributed by atoms with Crippen molar-refractivity contribution in [1.82, 2.24) is 0 Å². The summed E-state index contributed by atoms with van der Waals surface area (Å²) in [4.78, 5) is 27.6. The molecule has 1 aliphatic rings. The van der Waals surface area contributed by atoms with Crippen LogP contribution in [0.25, 0.3) is 0 Å². The maximum Gasteiger partial charge on any atom is 0.309 e. The predicted octanol–water partition coefficient (Wildman–Crippen LogP) is 4.73. The number of carbonyl (C=O) groups is 2. The van der Waals surface area contributed by atoms with E-state index in [-0.39, 0.29) is 18.3 Å². The molecule has 0 aliphatic carbocycles. The summed E-state index contributed by atoms with van der Waals surface area (Å²) < 4.78 is 10.6. The zero-order valence-electron chi connectivity index (χ0n) is 17.2. The lowest BCUT2D eigenvalue weighted by atomic mass is 10.1. The molecule has 0 unspecified atom stereocenters. The molecule has 1 heterocycles. The predicted molar refractivity (Wildman–Crippen MR) is 122 cm³/mol. The second-order valence-corrected chi connectivity index (χ2v) is 8.21. The van der Waals surface area contributed by atoms with E-state index in [2.05, 4.69) is 12.1 Å². The Kier molecular flexibility index (Phi) is 6.57. The Morgan fingerprint density at radius 2 is 1.81 bits per heavy atom. The normalized spacial score (nSPS) is 12.6. The number of anilines is 1. The second kappa shape index (κ2) is 9.71. The van der Waals surface area contributed by atoms with Crippen LogP contribution in [0.3, 0.4) is 0 Å². The minimum Gasteiger partial charge on any atom is -0.489 e. The van der Waals surface area contributed by atoms with Gasteiger partial charge in [0.25, 0.3) is 5.91 Å². The largest absolute Gasteiger partial charge is 0.489 e. The molecule has 3 aromatic rings. The van der Waals surface area contributed by atoms with Crippen molar-refractivity contribution in [1.29, 1.82) is 0 Å². The first kappa shape index (κ1) is 21.0. The molecule has 158 valence electrons. The van der Waals surface area contributed by atoms with E-state index < -0.39 is 0 Å². The third-order valence-electron chi connectivity index (χ3n) is 5.04. The van der Waals surface area contributed by atoms with Crippen LogP contribution in [0.15, 0.2) is 77.7 Å². The van der Waals surface area contributed by atoms with Gasteiger partial charge in [-0.3, -0.25) is 9.59 Å². The molecule has 0 fully saturated rings. The first-order valence-corrected chi connectivity index (χ1v) is 11.0. The zero-order valence-corrected chi connectivity index (χ0v) is 18.1. The number of carbonyl (C=O) groups excluding carboxylic acids is 2. The molecular formula is C25H23NO4S. The molecule has 0 atom stereocenters. The van der Waals surface area contributed by atoms with Crippen LogP contribution < -0.4 is 9.64 Å². The summed E-state index contributed by atoms with van der Waals surface area (Å²) in [6.07, 6.45) is 0.138. The van der Waals surface area contributed by atoms with Gasteiger partial charge in [-0.15, -0.1) is 11.8 Å². The molecule has 0 N–H and O–H groups in total. The number of thioether (sulfide) groups is 1. The van der Waals surface area contributed by atoms with Crippen LogP contribution in [0.2, 0.25) is 0 Å². The number of hydrogen-bond donors (Lipinski definition) is 0. The average Bonchev–Trinajstić information content (AvgIpc) is 2.82. The van der Waals surface area contributed by atoms with E-state index in [0.29, 0.717) is 24.5 Å². The first-order valence-electron chi connectivity index (χ1n) is 10.1. The Morgan fingerprint density at radius 1 is 1.00 bits per heavy atom. The van der Waals surface area contributed by atoms with Gasteiger partial charge in [-0.05, 0) is 41.5 Å². The average molecular weight is 434 g/mol. The van der Waals surface area contributed by atoms with Crippen molar-refractivity contribution in [3.8, 4) is 5.75 Å². The Bertz CT molecular complexity index is 1080. The molecule has 3 aromatic carbocycles. The van der Waals surface area contributed by atoms with Crippen LogP contribution in [0, 0.1) is 0 Å². The van der Waals surface area contributed by atoms with E-state index in [1.165, 1.54) is 12.7 Å². The number of ether oxygens (including phenoxy) is 2. The fraction of sp³-hybridized carbons (Fsp3) is 0.200. The fourth-order valence-electron chi connectivity index (χ4n) is 3.45. The van der Waals surface area contributed by atoms with Crippen molar-refractivity contribution in [2.75, 3.05) is 25.2 Å². The summed E-state index contributed by atoms with van der Waals surface area (Å²) in [5.41, 5.74) is 3.31. The third-order valence-corrected chi connectivity index (χ3v) is 6.10. The van der Waals surface area contributed by atoms with Gasteiger partial charge in [0.1, 0.15) is 12.4 Å². The highest BCUT2D eigenvalue weighted by Crippen LogP contribution is 2.37. The van der Waals surface area contributed by atoms with Crippen molar-refractivity contribution in [2.45, 2.75) is 17.1 Å². The van der Waals surface area contributed by atoms with Crippen LogP contribution in [-0.2, 0) is 21.7 Å². The Labute approximate surface area is 186 Å². The standard InChI is InChI=1S/C25H23NO4S/c1-29-24(27)15-19-8-5-9-20(14-19)25(28)26-12-13-30-23-16-21(10-11-22(23)26)31-17-18-6-3-2-4-7-18/h2-11,14,16H,12-13,15,17H2,1H3. The highest BCUT2D eigenvalue weighted by Gasteiger charge is 2.25. The number of benzene rings is 3. The Balaban J connectivity index is 1.51. The molecular weight excluding hydrogens is 410 g/mol. The molecule has 1 aliphatic heterocycles. The Hall–Kier alpha value is -3.25. The van der Waals surface area contributed by atoms with Gasteiger partial charge in [0.05, 0.1) is 25.8 Å². The van der Waals surface area contributed by atoms with E-state index in [1.807, 2.05) is 42.5 Å². The summed E-state index contributed by atoms with van der Waals surface area (Å²) in [7, 11) is 1.36. The SMILES string of the molecule is COC(=O)Cc1cccc(C(=O)N2CCOc3cc(SCc4ccccc4)ccc32)c1. The van der Waals surface area contributed by atoms with E-state index in [0.717, 1.165) is 21.9 Å². The van der Waals surface area contributed by atoms with Crippen molar-refractivity contribution in [2.24, 2.45) is 0 Å². The van der Waals surface area contributed by atoms with E-state index in [9.17, 15) is 9.59 Å². The number of methoxy groups -OCH3 is 1. The van der Waals surface area contributed by atoms with Gasteiger partial charge in [-0.25, -0.2) is 0 Å². The van der Waals surface area contributed by atoms with Crippen molar-refractivity contribution in [3.05, 3.63) is 89.5 Å². The van der Waals surface area contributed by atoms with Gasteiger partial charge in [0, 0.05) is 16.2 Å². The van der Waals surface area contributed by atoms with Gasteiger partial charge < -0.3 is 14.4 Å².